The predicted molar refractivity (Wildman–Crippen MR) is 89.2 cm³/mol. The zero-order chi connectivity index (χ0) is 16.0. The minimum Gasteiger partial charge on any atom is -0.477 e. The smallest absolute Gasteiger partial charge is 0.221 e. The molecular formula is C17H31N3O. The molecule has 4 heteroatoms. The van der Waals surface area contributed by atoms with Gasteiger partial charge in [0.25, 0.3) is 0 Å². The molecule has 0 saturated heterocycles. The van der Waals surface area contributed by atoms with Crippen molar-refractivity contribution in [3.8, 4) is 5.88 Å². The van der Waals surface area contributed by atoms with Gasteiger partial charge in [-0.15, -0.1) is 0 Å². The summed E-state index contributed by atoms with van der Waals surface area (Å²) in [5.41, 5.74) is 0.905. The minimum absolute atomic E-state index is 0.0894. The fourth-order valence-electron chi connectivity index (χ4n) is 1.97. The SMILES string of the molecule is CCNc1nc(C(C)(C)C)nc(OCCCC(C)C)c1C. The summed E-state index contributed by atoms with van der Waals surface area (Å²) >= 11 is 0. The monoisotopic (exact) mass is 293 g/mol. The van der Waals surface area contributed by atoms with Gasteiger partial charge in [0.05, 0.1) is 12.2 Å². The van der Waals surface area contributed by atoms with E-state index in [0.29, 0.717) is 12.5 Å². The maximum Gasteiger partial charge on any atom is 0.221 e. The van der Waals surface area contributed by atoms with Crippen molar-refractivity contribution in [1.82, 2.24) is 9.97 Å². The van der Waals surface area contributed by atoms with Crippen molar-refractivity contribution >= 4 is 5.82 Å². The lowest BCUT2D eigenvalue weighted by Crippen LogP contribution is -2.19. The number of nitrogens with zero attached hydrogens (tertiary/aromatic N) is 2. The number of rotatable bonds is 7. The Balaban J connectivity index is 2.92. The van der Waals surface area contributed by atoms with E-state index in [1.807, 2.05) is 6.92 Å². The van der Waals surface area contributed by atoms with Crippen molar-refractivity contribution < 1.29 is 4.74 Å². The van der Waals surface area contributed by atoms with Crippen LogP contribution >= 0.6 is 0 Å². The Hall–Kier alpha value is -1.32. The maximum atomic E-state index is 5.92. The molecule has 1 aromatic rings. The van der Waals surface area contributed by atoms with E-state index in [1.165, 1.54) is 6.42 Å². The van der Waals surface area contributed by atoms with E-state index in [2.05, 4.69) is 56.8 Å². The van der Waals surface area contributed by atoms with Crippen LogP contribution in [0.15, 0.2) is 0 Å². The number of hydrogen-bond acceptors (Lipinski definition) is 4. The first-order valence-corrected chi connectivity index (χ1v) is 8.01. The third-order valence-electron chi connectivity index (χ3n) is 3.28. The summed E-state index contributed by atoms with van der Waals surface area (Å²) in [7, 11) is 0. The number of nitrogens with one attached hydrogen (secondary N) is 1. The lowest BCUT2D eigenvalue weighted by molar-refractivity contribution is 0.282. The van der Waals surface area contributed by atoms with E-state index in [9.17, 15) is 0 Å². The molecule has 120 valence electrons. The summed E-state index contributed by atoms with van der Waals surface area (Å²) in [4.78, 5) is 9.28. The quantitative estimate of drug-likeness (QED) is 0.760. The van der Waals surface area contributed by atoms with Crippen LogP contribution in [-0.2, 0) is 5.41 Å². The first kappa shape index (κ1) is 17.7. The molecule has 1 heterocycles. The van der Waals surface area contributed by atoms with E-state index >= 15 is 0 Å². The third kappa shape index (κ3) is 5.52. The van der Waals surface area contributed by atoms with Gasteiger partial charge < -0.3 is 10.1 Å². The maximum absolute atomic E-state index is 5.92. The van der Waals surface area contributed by atoms with Crippen LogP contribution in [0, 0.1) is 12.8 Å². The second-order valence-electron chi connectivity index (χ2n) is 6.99. The first-order chi connectivity index (χ1) is 9.75. The van der Waals surface area contributed by atoms with Crippen molar-refractivity contribution in [1.29, 1.82) is 0 Å². The van der Waals surface area contributed by atoms with Gasteiger partial charge in [-0.3, -0.25) is 0 Å². The normalized spacial score (nSPS) is 11.8. The molecular weight excluding hydrogens is 262 g/mol. The Morgan fingerprint density at radius 3 is 2.38 bits per heavy atom. The topological polar surface area (TPSA) is 47.0 Å². The van der Waals surface area contributed by atoms with Gasteiger partial charge in [-0.1, -0.05) is 34.6 Å². The second kappa shape index (κ2) is 7.62. The zero-order valence-corrected chi connectivity index (χ0v) is 14.7. The summed E-state index contributed by atoms with van der Waals surface area (Å²) in [5.74, 6) is 3.14. The van der Waals surface area contributed by atoms with Gasteiger partial charge in [-0.2, -0.15) is 4.98 Å². The summed E-state index contributed by atoms with van der Waals surface area (Å²) in [5, 5.41) is 3.31. The Labute approximate surface area is 129 Å². The number of aromatic nitrogens is 2. The average molecular weight is 293 g/mol. The highest BCUT2D eigenvalue weighted by atomic mass is 16.5. The standard InChI is InChI=1S/C17H31N3O/c1-8-18-14-13(4)15(21-11-9-10-12(2)3)20-16(19-14)17(5,6)7/h12H,8-11H2,1-7H3,(H,18,19,20). The summed E-state index contributed by atoms with van der Waals surface area (Å²) in [6.07, 6.45) is 2.23. The molecule has 0 saturated carbocycles. The number of hydrogen-bond donors (Lipinski definition) is 1. The molecule has 0 aliphatic rings. The van der Waals surface area contributed by atoms with Crippen LogP contribution in [0.2, 0.25) is 0 Å². The molecule has 0 aromatic carbocycles. The molecule has 1 N–H and O–H groups in total. The molecule has 0 amide bonds. The van der Waals surface area contributed by atoms with Crippen molar-refractivity contribution in [2.24, 2.45) is 5.92 Å². The molecule has 0 aliphatic heterocycles. The Morgan fingerprint density at radius 2 is 1.86 bits per heavy atom. The second-order valence-corrected chi connectivity index (χ2v) is 6.99. The molecule has 0 spiro atoms. The van der Waals surface area contributed by atoms with Crippen LogP contribution in [0.25, 0.3) is 0 Å². The lowest BCUT2D eigenvalue weighted by atomic mass is 9.95. The third-order valence-corrected chi connectivity index (χ3v) is 3.28. The molecule has 0 aliphatic carbocycles. The molecule has 21 heavy (non-hydrogen) atoms. The predicted octanol–water partition coefficient (Wildman–Crippen LogP) is 4.33. The largest absolute Gasteiger partial charge is 0.477 e. The summed E-state index contributed by atoms with van der Waals surface area (Å²) < 4.78 is 5.92. The van der Waals surface area contributed by atoms with E-state index in [4.69, 9.17) is 4.74 Å². The van der Waals surface area contributed by atoms with Crippen LogP contribution in [0.4, 0.5) is 5.82 Å². The number of anilines is 1. The van der Waals surface area contributed by atoms with E-state index < -0.39 is 0 Å². The van der Waals surface area contributed by atoms with Gasteiger partial charge in [-0.05, 0) is 32.6 Å². The fourth-order valence-corrected chi connectivity index (χ4v) is 1.97. The van der Waals surface area contributed by atoms with Crippen LogP contribution < -0.4 is 10.1 Å². The van der Waals surface area contributed by atoms with Gasteiger partial charge in [0.1, 0.15) is 11.6 Å². The van der Waals surface area contributed by atoms with Crippen molar-refractivity contribution in [2.45, 2.75) is 66.7 Å². The summed E-state index contributed by atoms with van der Waals surface area (Å²) in [6.45, 7) is 16.5. The molecule has 0 bridgehead atoms. The van der Waals surface area contributed by atoms with Crippen molar-refractivity contribution in [3.05, 3.63) is 11.4 Å². The highest BCUT2D eigenvalue weighted by molar-refractivity contribution is 5.49. The molecule has 1 rings (SSSR count). The molecule has 1 aromatic heterocycles. The Morgan fingerprint density at radius 1 is 1.19 bits per heavy atom. The molecule has 0 fully saturated rings. The highest BCUT2D eigenvalue weighted by Crippen LogP contribution is 2.27. The van der Waals surface area contributed by atoms with E-state index in [0.717, 1.165) is 36.1 Å². The zero-order valence-electron chi connectivity index (χ0n) is 14.7. The average Bonchev–Trinajstić information content (AvgIpc) is 2.37. The van der Waals surface area contributed by atoms with Crippen LogP contribution in [0.3, 0.4) is 0 Å². The van der Waals surface area contributed by atoms with Crippen molar-refractivity contribution in [3.63, 3.8) is 0 Å². The van der Waals surface area contributed by atoms with Gasteiger partial charge in [-0.25, -0.2) is 4.98 Å². The van der Waals surface area contributed by atoms with Gasteiger partial charge in [0.2, 0.25) is 5.88 Å². The Kier molecular flexibility index (Phi) is 6.43. The molecule has 0 atom stereocenters. The van der Waals surface area contributed by atoms with E-state index in [-0.39, 0.29) is 5.41 Å². The van der Waals surface area contributed by atoms with Crippen molar-refractivity contribution in [2.75, 3.05) is 18.5 Å². The summed E-state index contributed by atoms with van der Waals surface area (Å²) in [6, 6.07) is 0. The van der Waals surface area contributed by atoms with E-state index in [1.54, 1.807) is 0 Å². The highest BCUT2D eigenvalue weighted by Gasteiger charge is 2.21. The molecule has 4 nitrogen and oxygen atoms in total. The minimum atomic E-state index is -0.0894. The first-order valence-electron chi connectivity index (χ1n) is 8.01. The molecule has 0 radical (unpaired) electrons. The van der Waals surface area contributed by atoms with Crippen LogP contribution in [0.1, 0.15) is 65.8 Å². The van der Waals surface area contributed by atoms with Gasteiger partial charge >= 0.3 is 0 Å². The fraction of sp³-hybridized carbons (Fsp3) is 0.765. The number of ether oxygens (including phenoxy) is 1. The van der Waals surface area contributed by atoms with Gasteiger partial charge in [0.15, 0.2) is 0 Å². The Bertz CT molecular complexity index is 450. The van der Waals surface area contributed by atoms with Gasteiger partial charge in [0, 0.05) is 12.0 Å². The van der Waals surface area contributed by atoms with Crippen LogP contribution in [0.5, 0.6) is 5.88 Å². The van der Waals surface area contributed by atoms with Crippen LogP contribution in [-0.4, -0.2) is 23.1 Å². The molecule has 0 unspecified atom stereocenters. The lowest BCUT2D eigenvalue weighted by Gasteiger charge is -2.20.